The summed E-state index contributed by atoms with van der Waals surface area (Å²) in [7, 11) is 0. The molecule has 0 saturated heterocycles. The van der Waals surface area contributed by atoms with E-state index in [1.807, 2.05) is 0 Å². The van der Waals surface area contributed by atoms with Crippen LogP contribution < -0.4 is 20.7 Å². The minimum absolute atomic E-state index is 0.103. The van der Waals surface area contributed by atoms with Gasteiger partial charge in [0.15, 0.2) is 6.61 Å². The molecule has 1 atom stereocenters. The molecule has 0 aromatic heterocycles. The van der Waals surface area contributed by atoms with Crippen molar-refractivity contribution in [3.05, 3.63) is 89.5 Å². The lowest BCUT2D eigenvalue weighted by Crippen LogP contribution is -2.43. The zero-order chi connectivity index (χ0) is 22.9. The zero-order valence-corrected chi connectivity index (χ0v) is 16.6. The van der Waals surface area contributed by atoms with Gasteiger partial charge in [0.1, 0.15) is 11.9 Å². The van der Waals surface area contributed by atoms with Gasteiger partial charge in [-0.25, -0.2) is 0 Å². The molecule has 6 nitrogen and oxygen atoms in total. The maximum Gasteiger partial charge on any atom is 0.416 e. The number of amides is 2. The minimum Gasteiger partial charge on any atom is -0.484 e. The smallest absolute Gasteiger partial charge is 0.416 e. The number of para-hydroxylation sites is 1. The number of fused-ring (bicyclic) bond motifs is 1. The van der Waals surface area contributed by atoms with Crippen LogP contribution in [0.25, 0.3) is 0 Å². The number of carbonyl (C=O) groups excluding carboxylic acids is 2. The van der Waals surface area contributed by atoms with E-state index in [0.717, 1.165) is 12.1 Å². The average Bonchev–Trinajstić information content (AvgIpc) is 2.77. The van der Waals surface area contributed by atoms with Gasteiger partial charge in [-0.05, 0) is 48.0 Å². The first kappa shape index (κ1) is 21.2. The summed E-state index contributed by atoms with van der Waals surface area (Å²) in [6, 6.07) is 17.9. The van der Waals surface area contributed by atoms with E-state index in [1.165, 1.54) is 17.0 Å². The summed E-state index contributed by atoms with van der Waals surface area (Å²) >= 11 is 0. The van der Waals surface area contributed by atoms with Gasteiger partial charge < -0.3 is 15.8 Å². The lowest BCUT2D eigenvalue weighted by Gasteiger charge is -2.38. The Hall–Kier alpha value is -4.01. The van der Waals surface area contributed by atoms with Crippen molar-refractivity contribution in [1.29, 1.82) is 0 Å². The highest BCUT2D eigenvalue weighted by molar-refractivity contribution is 6.12. The predicted molar refractivity (Wildman–Crippen MR) is 112 cm³/mol. The van der Waals surface area contributed by atoms with Crippen LogP contribution in [0.4, 0.5) is 24.5 Å². The van der Waals surface area contributed by atoms with Crippen molar-refractivity contribution >= 4 is 23.2 Å². The Kier molecular flexibility index (Phi) is 5.48. The van der Waals surface area contributed by atoms with E-state index >= 15 is 0 Å². The second-order valence-corrected chi connectivity index (χ2v) is 7.14. The molecule has 164 valence electrons. The minimum atomic E-state index is -4.55. The Morgan fingerprint density at radius 2 is 1.75 bits per heavy atom. The van der Waals surface area contributed by atoms with Gasteiger partial charge in [-0.3, -0.25) is 14.5 Å². The Balaban J connectivity index is 1.75. The third kappa shape index (κ3) is 4.22. The number of hydrogen-bond acceptors (Lipinski definition) is 4. The number of nitrogens with two attached hydrogens (primary N) is 1. The van der Waals surface area contributed by atoms with E-state index in [1.54, 1.807) is 48.5 Å². The molecular formula is C23H18F3N3O3. The van der Waals surface area contributed by atoms with Gasteiger partial charge in [-0.2, -0.15) is 13.2 Å². The van der Waals surface area contributed by atoms with Crippen molar-refractivity contribution in [2.45, 2.75) is 12.3 Å². The molecular weight excluding hydrogens is 423 g/mol. The number of anilines is 2. The van der Waals surface area contributed by atoms with Gasteiger partial charge in [0, 0.05) is 11.4 Å². The van der Waals surface area contributed by atoms with Crippen molar-refractivity contribution < 1.29 is 27.5 Å². The van der Waals surface area contributed by atoms with Crippen molar-refractivity contribution in [2.75, 3.05) is 16.8 Å². The average molecular weight is 441 g/mol. The van der Waals surface area contributed by atoms with Crippen LogP contribution in [0.1, 0.15) is 27.7 Å². The highest BCUT2D eigenvalue weighted by Crippen LogP contribution is 2.39. The number of halogens is 3. The molecule has 0 bridgehead atoms. The Morgan fingerprint density at radius 1 is 1.03 bits per heavy atom. The zero-order valence-electron chi connectivity index (χ0n) is 16.6. The molecule has 0 aliphatic carbocycles. The molecule has 1 unspecified atom stereocenters. The summed E-state index contributed by atoms with van der Waals surface area (Å²) in [5, 5.41) is 3.23. The number of alkyl halides is 3. The van der Waals surface area contributed by atoms with Gasteiger partial charge in [0.2, 0.25) is 0 Å². The fourth-order valence-corrected chi connectivity index (χ4v) is 3.49. The topological polar surface area (TPSA) is 84.7 Å². The third-order valence-electron chi connectivity index (χ3n) is 4.96. The van der Waals surface area contributed by atoms with Crippen LogP contribution in [0.2, 0.25) is 0 Å². The van der Waals surface area contributed by atoms with E-state index < -0.39 is 29.7 Å². The standard InChI is InChI=1S/C23H18F3N3O3/c24-23(25,26)15-4-3-5-16(12-15)29-21(28-19-7-2-1-6-18(19)22(29)31)14-8-10-17(11-9-14)32-13-20(27)30/h1-12,21,28H,13H2,(H2,27,30). The summed E-state index contributed by atoms with van der Waals surface area (Å²) in [5.41, 5.74) is 5.85. The molecule has 0 saturated carbocycles. The molecule has 1 heterocycles. The first-order valence-corrected chi connectivity index (χ1v) is 9.61. The maximum absolute atomic E-state index is 13.3. The van der Waals surface area contributed by atoms with Gasteiger partial charge >= 0.3 is 6.18 Å². The fraction of sp³-hybridized carbons (Fsp3) is 0.130. The lowest BCUT2D eigenvalue weighted by molar-refractivity contribution is -0.137. The molecule has 0 spiro atoms. The van der Waals surface area contributed by atoms with E-state index in [0.29, 0.717) is 22.6 Å². The summed E-state index contributed by atoms with van der Waals surface area (Å²) < 4.78 is 45.1. The molecule has 0 radical (unpaired) electrons. The molecule has 0 fully saturated rings. The monoisotopic (exact) mass is 441 g/mol. The van der Waals surface area contributed by atoms with E-state index in [9.17, 15) is 22.8 Å². The van der Waals surface area contributed by atoms with Crippen molar-refractivity contribution in [2.24, 2.45) is 5.73 Å². The van der Waals surface area contributed by atoms with Gasteiger partial charge in [0.25, 0.3) is 11.8 Å². The third-order valence-corrected chi connectivity index (χ3v) is 4.96. The number of hydrogen-bond donors (Lipinski definition) is 2. The highest BCUT2D eigenvalue weighted by atomic mass is 19.4. The number of ether oxygens (including phenoxy) is 1. The highest BCUT2D eigenvalue weighted by Gasteiger charge is 2.36. The Labute approximate surface area is 181 Å². The van der Waals surface area contributed by atoms with Crippen LogP contribution in [0.3, 0.4) is 0 Å². The van der Waals surface area contributed by atoms with E-state index in [2.05, 4.69) is 5.32 Å². The summed E-state index contributed by atoms with van der Waals surface area (Å²) in [5.74, 6) is -0.667. The molecule has 9 heteroatoms. The van der Waals surface area contributed by atoms with Crippen LogP contribution in [0, 0.1) is 0 Å². The number of nitrogens with one attached hydrogen (secondary N) is 1. The van der Waals surface area contributed by atoms with Crippen molar-refractivity contribution in [3.8, 4) is 5.75 Å². The number of rotatable bonds is 5. The largest absolute Gasteiger partial charge is 0.484 e. The summed E-state index contributed by atoms with van der Waals surface area (Å²) in [6.07, 6.45) is -5.32. The fourth-order valence-electron chi connectivity index (χ4n) is 3.49. The lowest BCUT2D eigenvalue weighted by atomic mass is 10.0. The molecule has 4 rings (SSSR count). The maximum atomic E-state index is 13.3. The van der Waals surface area contributed by atoms with Crippen LogP contribution in [0.15, 0.2) is 72.8 Å². The second-order valence-electron chi connectivity index (χ2n) is 7.14. The molecule has 3 aromatic rings. The number of nitrogens with zero attached hydrogens (tertiary/aromatic N) is 1. The SMILES string of the molecule is NC(=O)COc1ccc(C2Nc3ccccc3C(=O)N2c2cccc(C(F)(F)F)c2)cc1. The number of primary amides is 1. The molecule has 1 aliphatic rings. The van der Waals surface area contributed by atoms with Crippen molar-refractivity contribution in [1.82, 2.24) is 0 Å². The molecule has 3 aromatic carbocycles. The molecule has 3 N–H and O–H groups in total. The Morgan fingerprint density at radius 3 is 2.44 bits per heavy atom. The normalized spacial score (nSPS) is 15.7. The second kappa shape index (κ2) is 8.26. The predicted octanol–water partition coefficient (Wildman–Crippen LogP) is 4.34. The van der Waals surface area contributed by atoms with Crippen LogP contribution >= 0.6 is 0 Å². The Bertz CT molecular complexity index is 1160. The van der Waals surface area contributed by atoms with Gasteiger partial charge in [-0.15, -0.1) is 0 Å². The summed E-state index contributed by atoms with van der Waals surface area (Å²) in [4.78, 5) is 25.5. The first-order valence-electron chi connectivity index (χ1n) is 9.61. The molecule has 2 amide bonds. The first-order chi connectivity index (χ1) is 15.2. The van der Waals surface area contributed by atoms with Crippen LogP contribution in [-0.4, -0.2) is 18.4 Å². The molecule has 32 heavy (non-hydrogen) atoms. The van der Waals surface area contributed by atoms with Gasteiger partial charge in [-0.1, -0.05) is 30.3 Å². The van der Waals surface area contributed by atoms with Crippen LogP contribution in [-0.2, 0) is 11.0 Å². The summed E-state index contributed by atoms with van der Waals surface area (Å²) in [6.45, 7) is -0.288. The molecule has 1 aliphatic heterocycles. The van der Waals surface area contributed by atoms with E-state index in [-0.39, 0.29) is 12.3 Å². The van der Waals surface area contributed by atoms with Crippen molar-refractivity contribution in [3.63, 3.8) is 0 Å². The number of carbonyl (C=O) groups is 2. The van der Waals surface area contributed by atoms with Gasteiger partial charge in [0.05, 0.1) is 11.1 Å². The van der Waals surface area contributed by atoms with E-state index in [4.69, 9.17) is 10.5 Å². The quantitative estimate of drug-likeness (QED) is 0.617. The van der Waals surface area contributed by atoms with Crippen LogP contribution in [0.5, 0.6) is 5.75 Å². The number of benzene rings is 3.